The van der Waals surface area contributed by atoms with Crippen molar-refractivity contribution in [2.75, 3.05) is 11.9 Å². The maximum absolute atomic E-state index is 4.45. The minimum atomic E-state index is 0.891. The molecule has 0 radical (unpaired) electrons. The monoisotopic (exact) mass is 233 g/mol. The molecule has 0 atom stereocenters. The topological polar surface area (TPSA) is 29.0 Å². The van der Waals surface area contributed by atoms with E-state index in [9.17, 15) is 0 Å². The fourth-order valence-corrected chi connectivity index (χ4v) is 2.46. The zero-order valence-corrected chi connectivity index (χ0v) is 10.6. The normalized spacial score (nSPS) is 10.4. The van der Waals surface area contributed by atoms with Crippen molar-refractivity contribution < 1.29 is 0 Å². The molecule has 0 aromatic carbocycles. The Balaban J connectivity index is 2.14. The van der Waals surface area contributed by atoms with Gasteiger partial charge in [-0.2, -0.15) is 0 Å². The average molecular weight is 233 g/mol. The number of hydrogen-bond acceptors (Lipinski definition) is 4. The highest BCUT2D eigenvalue weighted by atomic mass is 32.1. The summed E-state index contributed by atoms with van der Waals surface area (Å²) in [5, 5.41) is 2.13. The number of aryl methyl sites for hydroxylation is 2. The third-order valence-electron chi connectivity index (χ3n) is 2.48. The number of aromatic nitrogens is 2. The molecular weight excluding hydrogens is 218 g/mol. The average Bonchev–Trinajstić information content (AvgIpc) is 2.64. The summed E-state index contributed by atoms with van der Waals surface area (Å²) in [6.07, 6.45) is 3.57. The van der Waals surface area contributed by atoms with Crippen LogP contribution in [0.4, 0.5) is 5.82 Å². The molecule has 0 unspecified atom stereocenters. The lowest BCUT2D eigenvalue weighted by Gasteiger charge is -2.17. The Hall–Kier alpha value is -1.42. The fourth-order valence-electron chi connectivity index (χ4n) is 1.50. The van der Waals surface area contributed by atoms with Crippen molar-refractivity contribution in [3.05, 3.63) is 40.0 Å². The van der Waals surface area contributed by atoms with Crippen molar-refractivity contribution in [1.82, 2.24) is 9.97 Å². The largest absolute Gasteiger partial charge is 0.353 e. The minimum absolute atomic E-state index is 0.891. The first-order valence-corrected chi connectivity index (χ1v) is 6.07. The summed E-state index contributed by atoms with van der Waals surface area (Å²) in [7, 11) is 2.04. The second kappa shape index (κ2) is 4.61. The third-order valence-corrected chi connectivity index (χ3v) is 3.49. The highest BCUT2D eigenvalue weighted by molar-refractivity contribution is 7.10. The lowest BCUT2D eigenvalue weighted by atomic mass is 10.3. The summed E-state index contributed by atoms with van der Waals surface area (Å²) in [4.78, 5) is 12.1. The maximum Gasteiger partial charge on any atom is 0.147 e. The zero-order valence-electron chi connectivity index (χ0n) is 9.77. The van der Waals surface area contributed by atoms with E-state index < -0.39 is 0 Å². The van der Waals surface area contributed by atoms with E-state index >= 15 is 0 Å². The first-order valence-electron chi connectivity index (χ1n) is 5.19. The van der Waals surface area contributed by atoms with Gasteiger partial charge in [0.05, 0.1) is 18.4 Å². The van der Waals surface area contributed by atoms with Gasteiger partial charge in [-0.15, -0.1) is 11.3 Å². The van der Waals surface area contributed by atoms with Gasteiger partial charge in [0.1, 0.15) is 5.82 Å². The number of nitrogens with zero attached hydrogens (tertiary/aromatic N) is 3. The van der Waals surface area contributed by atoms with Gasteiger partial charge in [0.15, 0.2) is 0 Å². The van der Waals surface area contributed by atoms with E-state index in [0.29, 0.717) is 0 Å². The van der Waals surface area contributed by atoms with Gasteiger partial charge in [-0.25, -0.2) is 4.98 Å². The van der Waals surface area contributed by atoms with Gasteiger partial charge in [-0.1, -0.05) is 0 Å². The van der Waals surface area contributed by atoms with E-state index in [4.69, 9.17) is 0 Å². The van der Waals surface area contributed by atoms with Crippen molar-refractivity contribution in [2.45, 2.75) is 20.4 Å². The molecule has 4 heteroatoms. The van der Waals surface area contributed by atoms with Crippen LogP contribution in [0.15, 0.2) is 23.8 Å². The van der Waals surface area contributed by atoms with Crippen LogP contribution in [0.5, 0.6) is 0 Å². The maximum atomic E-state index is 4.45. The number of hydrogen-bond donors (Lipinski definition) is 0. The highest BCUT2D eigenvalue weighted by Gasteiger charge is 2.06. The molecule has 2 aromatic heterocycles. The van der Waals surface area contributed by atoms with Crippen LogP contribution in [0.25, 0.3) is 0 Å². The molecule has 84 valence electrons. The van der Waals surface area contributed by atoms with Gasteiger partial charge in [0.25, 0.3) is 0 Å². The standard InChI is InChI=1S/C12H15N3S/c1-9-4-5-16-11(9)8-15(3)12-7-13-6-10(2)14-12/h4-7H,8H2,1-3H3. The molecule has 0 bridgehead atoms. The molecule has 2 rings (SSSR count). The van der Waals surface area contributed by atoms with Gasteiger partial charge < -0.3 is 4.90 Å². The molecule has 0 aliphatic heterocycles. The number of anilines is 1. The molecule has 0 saturated heterocycles. The quantitative estimate of drug-likeness (QED) is 0.816. The minimum Gasteiger partial charge on any atom is -0.353 e. The Bertz CT molecular complexity index is 479. The Kier molecular flexibility index (Phi) is 3.19. The molecule has 3 nitrogen and oxygen atoms in total. The molecule has 0 saturated carbocycles. The van der Waals surface area contributed by atoms with E-state index in [2.05, 4.69) is 33.2 Å². The van der Waals surface area contributed by atoms with Gasteiger partial charge in [0, 0.05) is 18.1 Å². The first-order chi connectivity index (χ1) is 7.66. The Morgan fingerprint density at radius 3 is 2.75 bits per heavy atom. The van der Waals surface area contributed by atoms with E-state index in [1.54, 1.807) is 23.7 Å². The fraction of sp³-hybridized carbons (Fsp3) is 0.333. The van der Waals surface area contributed by atoms with Crippen LogP contribution < -0.4 is 4.90 Å². The van der Waals surface area contributed by atoms with Gasteiger partial charge in [-0.3, -0.25) is 4.98 Å². The Morgan fingerprint density at radius 2 is 2.12 bits per heavy atom. The van der Waals surface area contributed by atoms with Crippen LogP contribution in [0.2, 0.25) is 0 Å². The van der Waals surface area contributed by atoms with Crippen molar-refractivity contribution in [3.63, 3.8) is 0 Å². The Labute approximate surface area is 99.8 Å². The van der Waals surface area contributed by atoms with Crippen LogP contribution >= 0.6 is 11.3 Å². The molecule has 0 amide bonds. The molecule has 16 heavy (non-hydrogen) atoms. The van der Waals surface area contributed by atoms with Crippen molar-refractivity contribution in [2.24, 2.45) is 0 Å². The van der Waals surface area contributed by atoms with Crippen molar-refractivity contribution in [3.8, 4) is 0 Å². The summed E-state index contributed by atoms with van der Waals surface area (Å²) in [5.74, 6) is 0.924. The van der Waals surface area contributed by atoms with Crippen LogP contribution in [0, 0.1) is 13.8 Å². The van der Waals surface area contributed by atoms with Crippen LogP contribution in [-0.4, -0.2) is 17.0 Å². The highest BCUT2D eigenvalue weighted by Crippen LogP contribution is 2.19. The summed E-state index contributed by atoms with van der Waals surface area (Å²) < 4.78 is 0. The van der Waals surface area contributed by atoms with Gasteiger partial charge in [-0.05, 0) is 30.9 Å². The molecule has 0 spiro atoms. The molecule has 0 N–H and O–H groups in total. The summed E-state index contributed by atoms with van der Waals surface area (Å²) in [6, 6.07) is 2.15. The van der Waals surface area contributed by atoms with Crippen LogP contribution in [0.1, 0.15) is 16.1 Å². The molecule has 0 aliphatic carbocycles. The molecule has 2 heterocycles. The lowest BCUT2D eigenvalue weighted by molar-refractivity contribution is 0.890. The zero-order chi connectivity index (χ0) is 11.5. The van der Waals surface area contributed by atoms with E-state index in [-0.39, 0.29) is 0 Å². The predicted octanol–water partition coefficient (Wildman–Crippen LogP) is 2.79. The molecular formula is C12H15N3S. The van der Waals surface area contributed by atoms with Gasteiger partial charge in [0.2, 0.25) is 0 Å². The predicted molar refractivity (Wildman–Crippen MR) is 67.9 cm³/mol. The van der Waals surface area contributed by atoms with E-state index in [1.165, 1.54) is 10.4 Å². The van der Waals surface area contributed by atoms with E-state index in [1.807, 2.05) is 14.0 Å². The summed E-state index contributed by atoms with van der Waals surface area (Å²) in [6.45, 7) is 4.99. The summed E-state index contributed by atoms with van der Waals surface area (Å²) >= 11 is 1.79. The van der Waals surface area contributed by atoms with E-state index in [0.717, 1.165) is 18.1 Å². The second-order valence-corrected chi connectivity index (χ2v) is 4.90. The first kappa shape index (κ1) is 11.1. The Morgan fingerprint density at radius 1 is 1.31 bits per heavy atom. The molecule has 2 aromatic rings. The third kappa shape index (κ3) is 2.39. The summed E-state index contributed by atoms with van der Waals surface area (Å²) in [5.41, 5.74) is 2.30. The van der Waals surface area contributed by atoms with Crippen LogP contribution in [0.3, 0.4) is 0 Å². The SMILES string of the molecule is Cc1cncc(N(C)Cc2sccc2C)n1. The van der Waals surface area contributed by atoms with Crippen molar-refractivity contribution >= 4 is 17.2 Å². The molecule has 0 fully saturated rings. The lowest BCUT2D eigenvalue weighted by Crippen LogP contribution is -2.17. The number of thiophene rings is 1. The smallest absolute Gasteiger partial charge is 0.147 e. The van der Waals surface area contributed by atoms with Gasteiger partial charge >= 0.3 is 0 Å². The number of rotatable bonds is 3. The van der Waals surface area contributed by atoms with Crippen molar-refractivity contribution in [1.29, 1.82) is 0 Å². The molecule has 0 aliphatic rings. The van der Waals surface area contributed by atoms with Crippen LogP contribution in [-0.2, 0) is 6.54 Å². The second-order valence-electron chi connectivity index (χ2n) is 3.90.